The minimum Gasteiger partial charge on any atom is -0.482 e. The molecule has 8 rings (SSSR count). The zero-order valence-corrected chi connectivity index (χ0v) is 23.1. The van der Waals surface area contributed by atoms with Crippen molar-refractivity contribution in [2.45, 2.75) is 19.4 Å². The number of benzene rings is 2. The van der Waals surface area contributed by atoms with Crippen molar-refractivity contribution in [2.24, 2.45) is 0 Å². The lowest BCUT2D eigenvalue weighted by Gasteiger charge is -2.30. The van der Waals surface area contributed by atoms with E-state index in [1.165, 1.54) is 0 Å². The normalized spacial score (nSPS) is 15.4. The number of hydrogen-bond acceptors (Lipinski definition) is 7. The highest BCUT2D eigenvalue weighted by molar-refractivity contribution is 5.98. The first-order valence-corrected chi connectivity index (χ1v) is 14.1. The van der Waals surface area contributed by atoms with Crippen LogP contribution in [0.15, 0.2) is 96.2 Å². The maximum atomic E-state index is 13.6. The van der Waals surface area contributed by atoms with Crippen LogP contribution < -0.4 is 20.5 Å². The molecule has 0 fully saturated rings. The first-order chi connectivity index (χ1) is 21.1. The van der Waals surface area contributed by atoms with Crippen molar-refractivity contribution >= 4 is 45.2 Å². The number of anilines is 3. The van der Waals surface area contributed by atoms with Crippen LogP contribution in [0.3, 0.4) is 0 Å². The van der Waals surface area contributed by atoms with Gasteiger partial charge < -0.3 is 19.5 Å². The summed E-state index contributed by atoms with van der Waals surface area (Å²) in [4.78, 5) is 41.9. The lowest BCUT2D eigenvalue weighted by Crippen LogP contribution is -2.39. The van der Waals surface area contributed by atoms with Gasteiger partial charge in [0.1, 0.15) is 17.0 Å². The van der Waals surface area contributed by atoms with Crippen LogP contribution >= 0.6 is 0 Å². The van der Waals surface area contributed by atoms with Gasteiger partial charge in [0.25, 0.3) is 11.5 Å². The highest BCUT2D eigenvalue weighted by atomic mass is 16.5. The van der Waals surface area contributed by atoms with Gasteiger partial charge in [0.15, 0.2) is 12.3 Å². The Morgan fingerprint density at radius 3 is 2.81 bits per heavy atom. The van der Waals surface area contributed by atoms with E-state index < -0.39 is 0 Å². The zero-order valence-electron chi connectivity index (χ0n) is 23.1. The molecule has 43 heavy (non-hydrogen) atoms. The van der Waals surface area contributed by atoms with E-state index in [0.717, 1.165) is 35.2 Å². The van der Waals surface area contributed by atoms with Gasteiger partial charge in [0.05, 0.1) is 23.4 Å². The number of nitrogens with zero attached hydrogens (tertiary/aromatic N) is 7. The maximum absolute atomic E-state index is 13.6. The fraction of sp³-hybridized carbons (Fsp3) is 0.156. The standard InChI is InChI=1S/C32H26N8O3/c41-29-20-43-27-11-9-23-18-26(27)38(29)14-5-1-2-6-15-39-31(42)24-19-34-32(36-30(24)40(23)39)35-22-8-10-25-21(17-22)12-16-37(25)28-7-3-4-13-33-28/h2-4,6-13,16-19H,1,5,14-15,20H2,(H,34,35,36)/b6-2-. The summed E-state index contributed by atoms with van der Waals surface area (Å²) in [7, 11) is 0. The number of aromatic nitrogens is 6. The Morgan fingerprint density at radius 2 is 1.91 bits per heavy atom. The molecule has 0 saturated carbocycles. The molecule has 1 N–H and O–H groups in total. The Labute approximate surface area is 245 Å². The Balaban J connectivity index is 1.22. The smallest absolute Gasteiger partial charge is 0.278 e. The van der Waals surface area contributed by atoms with Gasteiger partial charge in [-0.15, -0.1) is 0 Å². The molecule has 0 saturated heterocycles. The number of amides is 1. The van der Waals surface area contributed by atoms with Crippen LogP contribution in [-0.2, 0) is 11.3 Å². The van der Waals surface area contributed by atoms with Gasteiger partial charge in [-0.05, 0) is 67.4 Å². The number of hydrogen-bond donors (Lipinski definition) is 1. The van der Waals surface area contributed by atoms with Gasteiger partial charge in [0.2, 0.25) is 5.95 Å². The van der Waals surface area contributed by atoms with E-state index in [1.54, 1.807) is 26.7 Å². The zero-order chi connectivity index (χ0) is 28.9. The van der Waals surface area contributed by atoms with E-state index in [0.29, 0.717) is 47.2 Å². The van der Waals surface area contributed by atoms with E-state index in [2.05, 4.69) is 15.3 Å². The van der Waals surface area contributed by atoms with Gasteiger partial charge in [0, 0.05) is 36.2 Å². The SMILES string of the molecule is O=C1COc2ccc3cc2N1CCC/C=C\Cn1c(=O)c2cnc(Nc4ccc5c(ccn5-c5ccccn5)c4)nc2n1-3. The molecule has 11 heteroatoms. The quantitative estimate of drug-likeness (QED) is 0.306. The van der Waals surface area contributed by atoms with Crippen LogP contribution in [0.2, 0.25) is 0 Å². The Bertz CT molecular complexity index is 2130. The number of allylic oxidation sites excluding steroid dienone is 2. The van der Waals surface area contributed by atoms with E-state index in [1.807, 2.05) is 83.6 Å². The predicted molar refractivity (Wildman–Crippen MR) is 164 cm³/mol. The van der Waals surface area contributed by atoms with E-state index in [4.69, 9.17) is 9.72 Å². The summed E-state index contributed by atoms with van der Waals surface area (Å²) < 4.78 is 11.2. The lowest BCUT2D eigenvalue weighted by molar-refractivity contribution is -0.121. The van der Waals surface area contributed by atoms with Gasteiger partial charge in [-0.3, -0.25) is 9.59 Å². The van der Waals surface area contributed by atoms with Crippen LogP contribution in [-0.4, -0.2) is 47.9 Å². The van der Waals surface area contributed by atoms with Crippen molar-refractivity contribution < 1.29 is 9.53 Å². The molecule has 2 aliphatic heterocycles. The maximum Gasteiger partial charge on any atom is 0.278 e. The highest BCUT2D eigenvalue weighted by Gasteiger charge is 2.27. The molecule has 0 atom stereocenters. The summed E-state index contributed by atoms with van der Waals surface area (Å²) in [5.41, 5.74) is 3.50. The number of ether oxygens (including phenoxy) is 1. The largest absolute Gasteiger partial charge is 0.482 e. The van der Waals surface area contributed by atoms with Crippen LogP contribution in [0.5, 0.6) is 5.75 Å². The molecule has 1 amide bonds. The molecular formula is C32H26N8O3. The first kappa shape index (κ1) is 25.0. The van der Waals surface area contributed by atoms with Crippen LogP contribution in [0.1, 0.15) is 12.8 Å². The third-order valence-electron chi connectivity index (χ3n) is 7.85. The molecule has 0 aliphatic carbocycles. The number of nitrogens with one attached hydrogen (secondary N) is 1. The number of carbonyl (C=O) groups excluding carboxylic acids is 1. The summed E-state index contributed by atoms with van der Waals surface area (Å²) in [6.07, 6.45) is 11.0. The van der Waals surface area contributed by atoms with Crippen LogP contribution in [0.25, 0.3) is 33.4 Å². The third kappa shape index (κ3) is 4.24. The third-order valence-corrected chi connectivity index (χ3v) is 7.85. The number of rotatable bonds is 3. The molecule has 2 aromatic carbocycles. The second-order valence-electron chi connectivity index (χ2n) is 10.5. The average molecular weight is 571 g/mol. The first-order valence-electron chi connectivity index (χ1n) is 14.1. The summed E-state index contributed by atoms with van der Waals surface area (Å²) in [6.45, 7) is 0.980. The molecule has 6 aromatic rings. The molecule has 2 aliphatic rings. The van der Waals surface area contributed by atoms with Gasteiger partial charge in [-0.1, -0.05) is 18.2 Å². The van der Waals surface area contributed by atoms with Crippen molar-refractivity contribution in [3.63, 3.8) is 0 Å². The summed E-state index contributed by atoms with van der Waals surface area (Å²) >= 11 is 0. The van der Waals surface area contributed by atoms with Crippen molar-refractivity contribution in [1.29, 1.82) is 0 Å². The van der Waals surface area contributed by atoms with E-state index in [-0.39, 0.29) is 18.1 Å². The fourth-order valence-corrected chi connectivity index (χ4v) is 5.79. The minimum absolute atomic E-state index is 0.0151. The monoisotopic (exact) mass is 570 g/mol. The highest BCUT2D eigenvalue weighted by Crippen LogP contribution is 2.35. The van der Waals surface area contributed by atoms with Gasteiger partial charge >= 0.3 is 0 Å². The molecule has 6 heterocycles. The Hall–Kier alpha value is -5.71. The average Bonchev–Trinajstić information content (AvgIpc) is 3.57. The van der Waals surface area contributed by atoms with E-state index >= 15 is 0 Å². The molecule has 2 bridgehead atoms. The van der Waals surface area contributed by atoms with Crippen molar-refractivity contribution in [3.8, 4) is 17.3 Å². The van der Waals surface area contributed by atoms with Crippen molar-refractivity contribution in [3.05, 3.63) is 102 Å². The molecule has 11 nitrogen and oxygen atoms in total. The molecule has 4 aromatic heterocycles. The molecular weight excluding hydrogens is 544 g/mol. The van der Waals surface area contributed by atoms with Gasteiger partial charge in [-0.25, -0.2) is 19.3 Å². The number of fused-ring (bicyclic) bond motifs is 6. The lowest BCUT2D eigenvalue weighted by atomic mass is 10.1. The topological polar surface area (TPSA) is 112 Å². The molecule has 212 valence electrons. The minimum atomic E-state index is -0.192. The fourth-order valence-electron chi connectivity index (χ4n) is 5.79. The predicted octanol–water partition coefficient (Wildman–Crippen LogP) is 4.74. The number of pyridine rings is 1. The van der Waals surface area contributed by atoms with Crippen molar-refractivity contribution in [1.82, 2.24) is 28.9 Å². The summed E-state index contributed by atoms with van der Waals surface area (Å²) in [5, 5.41) is 4.74. The van der Waals surface area contributed by atoms with Crippen molar-refractivity contribution in [2.75, 3.05) is 23.4 Å². The van der Waals surface area contributed by atoms with Crippen LogP contribution in [0, 0.1) is 0 Å². The number of carbonyl (C=O) groups is 1. The van der Waals surface area contributed by atoms with Gasteiger partial charge in [-0.2, -0.15) is 4.98 Å². The second-order valence-corrected chi connectivity index (χ2v) is 10.5. The molecule has 0 spiro atoms. The molecule has 0 unspecified atom stereocenters. The summed E-state index contributed by atoms with van der Waals surface area (Å²) in [5.74, 6) is 1.76. The Kier molecular flexibility index (Phi) is 5.81. The Morgan fingerprint density at radius 1 is 0.953 bits per heavy atom. The second kappa shape index (κ2) is 9.98. The van der Waals surface area contributed by atoms with Crippen LogP contribution in [0.4, 0.5) is 17.3 Å². The molecule has 0 radical (unpaired) electrons. The van der Waals surface area contributed by atoms with E-state index in [9.17, 15) is 9.59 Å². The summed E-state index contributed by atoms with van der Waals surface area (Å²) in [6, 6.07) is 19.5.